The fourth-order valence-corrected chi connectivity index (χ4v) is 1.96. The monoisotopic (exact) mass is 310 g/mol. The molecular weight excluding hydrogens is 298 g/mol. The molecule has 0 saturated heterocycles. The number of para-hydroxylation sites is 1. The molecule has 21 heavy (non-hydrogen) atoms. The van der Waals surface area contributed by atoms with E-state index in [-0.39, 0.29) is 16.6 Å². The molecule has 2 rings (SSSR count). The van der Waals surface area contributed by atoms with E-state index in [4.69, 9.17) is 11.6 Å². The highest BCUT2D eigenvalue weighted by Gasteiger charge is 2.15. The highest BCUT2D eigenvalue weighted by atomic mass is 35.5. The maximum absolute atomic E-state index is 13.5. The number of carbonyl (C=O) groups excluding carboxylic acids is 1. The maximum Gasteiger partial charge on any atom is 0.255 e. The minimum absolute atomic E-state index is 0.0699. The topological polar surface area (TPSA) is 42.0 Å². The first-order valence-corrected chi connectivity index (χ1v) is 6.69. The Morgan fingerprint density at radius 1 is 1.24 bits per heavy atom. The normalized spacial score (nSPS) is 10.8. The Bertz CT molecular complexity index is 669. The van der Waals surface area contributed by atoms with E-state index in [1.807, 2.05) is 13.8 Å². The molecular formula is C15H13ClF2N2O. The lowest BCUT2D eigenvalue weighted by molar-refractivity contribution is 0.102. The number of rotatable bonds is 3. The number of aromatic nitrogens is 1. The van der Waals surface area contributed by atoms with Crippen molar-refractivity contribution in [1.29, 1.82) is 0 Å². The highest BCUT2D eigenvalue weighted by Crippen LogP contribution is 2.21. The average molecular weight is 311 g/mol. The Balaban J connectivity index is 2.33. The van der Waals surface area contributed by atoms with Crippen LogP contribution in [0.25, 0.3) is 0 Å². The highest BCUT2D eigenvalue weighted by molar-refractivity contribution is 6.29. The largest absolute Gasteiger partial charge is 0.317 e. The zero-order valence-electron chi connectivity index (χ0n) is 11.5. The van der Waals surface area contributed by atoms with E-state index < -0.39 is 23.2 Å². The summed E-state index contributed by atoms with van der Waals surface area (Å²) in [5.74, 6) is -2.26. The van der Waals surface area contributed by atoms with Gasteiger partial charge in [-0.3, -0.25) is 4.79 Å². The van der Waals surface area contributed by atoms with Crippen LogP contribution in [-0.4, -0.2) is 10.9 Å². The van der Waals surface area contributed by atoms with Gasteiger partial charge < -0.3 is 5.32 Å². The van der Waals surface area contributed by atoms with Crippen molar-refractivity contribution in [3.63, 3.8) is 0 Å². The van der Waals surface area contributed by atoms with Gasteiger partial charge in [0.1, 0.15) is 22.5 Å². The molecule has 2 aromatic rings. The van der Waals surface area contributed by atoms with E-state index in [0.717, 1.165) is 12.1 Å². The summed E-state index contributed by atoms with van der Waals surface area (Å²) in [7, 11) is 0. The zero-order chi connectivity index (χ0) is 15.6. The molecule has 1 aromatic heterocycles. The van der Waals surface area contributed by atoms with Gasteiger partial charge in [-0.05, 0) is 30.2 Å². The predicted octanol–water partition coefficient (Wildman–Crippen LogP) is 4.39. The number of nitrogens with zero attached hydrogens (tertiary/aromatic N) is 1. The average Bonchev–Trinajstić information content (AvgIpc) is 2.42. The lowest BCUT2D eigenvalue weighted by Gasteiger charge is -2.10. The van der Waals surface area contributed by atoms with Crippen LogP contribution in [0.3, 0.4) is 0 Å². The second kappa shape index (κ2) is 6.18. The Labute approximate surface area is 126 Å². The van der Waals surface area contributed by atoms with E-state index in [9.17, 15) is 13.6 Å². The van der Waals surface area contributed by atoms with Crippen molar-refractivity contribution in [2.75, 3.05) is 5.32 Å². The molecule has 0 spiro atoms. The van der Waals surface area contributed by atoms with Gasteiger partial charge in [0, 0.05) is 11.3 Å². The first-order chi connectivity index (χ1) is 9.88. The van der Waals surface area contributed by atoms with Crippen LogP contribution >= 0.6 is 11.6 Å². The van der Waals surface area contributed by atoms with E-state index in [1.54, 1.807) is 6.07 Å². The van der Waals surface area contributed by atoms with Gasteiger partial charge in [-0.1, -0.05) is 31.5 Å². The molecule has 0 bridgehead atoms. The molecule has 0 aliphatic heterocycles. The number of benzene rings is 1. The Morgan fingerprint density at radius 2 is 1.86 bits per heavy atom. The van der Waals surface area contributed by atoms with Gasteiger partial charge in [0.15, 0.2) is 0 Å². The second-order valence-corrected chi connectivity index (χ2v) is 5.20. The predicted molar refractivity (Wildman–Crippen MR) is 77.6 cm³/mol. The molecule has 0 aliphatic carbocycles. The first kappa shape index (κ1) is 15.4. The van der Waals surface area contributed by atoms with E-state index in [1.165, 1.54) is 12.1 Å². The number of carbonyl (C=O) groups is 1. The van der Waals surface area contributed by atoms with Crippen molar-refractivity contribution in [3.05, 3.63) is 58.4 Å². The van der Waals surface area contributed by atoms with Crippen molar-refractivity contribution in [2.45, 2.75) is 19.8 Å². The van der Waals surface area contributed by atoms with Crippen molar-refractivity contribution in [2.24, 2.45) is 0 Å². The zero-order valence-corrected chi connectivity index (χ0v) is 12.2. The number of halogens is 3. The molecule has 6 heteroatoms. The molecule has 0 saturated carbocycles. The Hall–Kier alpha value is -2.01. The third-order valence-corrected chi connectivity index (χ3v) is 3.06. The van der Waals surface area contributed by atoms with Crippen molar-refractivity contribution >= 4 is 23.2 Å². The van der Waals surface area contributed by atoms with Crippen LogP contribution in [0, 0.1) is 11.6 Å². The van der Waals surface area contributed by atoms with Gasteiger partial charge in [0.25, 0.3) is 5.91 Å². The van der Waals surface area contributed by atoms with Crippen LogP contribution in [-0.2, 0) is 0 Å². The molecule has 1 amide bonds. The van der Waals surface area contributed by atoms with E-state index in [2.05, 4.69) is 10.3 Å². The van der Waals surface area contributed by atoms with Gasteiger partial charge in [0.05, 0.1) is 0 Å². The number of nitrogens with one attached hydrogen (secondary N) is 1. The second-order valence-electron chi connectivity index (χ2n) is 4.81. The van der Waals surface area contributed by atoms with Gasteiger partial charge in [0.2, 0.25) is 0 Å². The molecule has 110 valence electrons. The lowest BCUT2D eigenvalue weighted by Crippen LogP contribution is -2.15. The summed E-state index contributed by atoms with van der Waals surface area (Å²) in [5, 5.41) is 2.37. The smallest absolute Gasteiger partial charge is 0.255 e. The van der Waals surface area contributed by atoms with Crippen LogP contribution in [0.5, 0.6) is 0 Å². The minimum Gasteiger partial charge on any atom is -0.317 e. The number of amides is 1. The van der Waals surface area contributed by atoms with Crippen LogP contribution in [0.1, 0.15) is 35.8 Å². The standard InChI is InChI=1S/C15H13ClF2N2O/c1-8(2)12-6-9(7-13(16)19-12)15(21)20-14-10(17)4-3-5-11(14)18/h3-8H,1-2H3,(H,20,21). The quantitative estimate of drug-likeness (QED) is 0.854. The molecule has 1 N–H and O–H groups in total. The van der Waals surface area contributed by atoms with Crippen molar-refractivity contribution in [3.8, 4) is 0 Å². The number of anilines is 1. The Morgan fingerprint density at radius 3 is 2.43 bits per heavy atom. The summed E-state index contributed by atoms with van der Waals surface area (Å²) in [4.78, 5) is 16.2. The van der Waals surface area contributed by atoms with Crippen LogP contribution in [0.15, 0.2) is 30.3 Å². The van der Waals surface area contributed by atoms with E-state index in [0.29, 0.717) is 5.69 Å². The molecule has 1 heterocycles. The third-order valence-electron chi connectivity index (χ3n) is 2.87. The SMILES string of the molecule is CC(C)c1cc(C(=O)Nc2c(F)cccc2F)cc(Cl)n1. The van der Waals surface area contributed by atoms with Gasteiger partial charge >= 0.3 is 0 Å². The maximum atomic E-state index is 13.5. The third kappa shape index (κ3) is 3.55. The molecule has 0 fully saturated rings. The number of hydrogen-bond donors (Lipinski definition) is 1. The van der Waals surface area contributed by atoms with Gasteiger partial charge in [-0.25, -0.2) is 13.8 Å². The number of pyridine rings is 1. The molecule has 0 unspecified atom stereocenters. The van der Waals surface area contributed by atoms with Crippen LogP contribution in [0.4, 0.5) is 14.5 Å². The summed E-state index contributed by atoms with van der Waals surface area (Å²) in [5.41, 5.74) is 0.338. The van der Waals surface area contributed by atoms with E-state index >= 15 is 0 Å². The molecule has 0 aliphatic rings. The lowest BCUT2D eigenvalue weighted by atomic mass is 10.1. The summed E-state index contributed by atoms with van der Waals surface area (Å²) in [6.07, 6.45) is 0. The summed E-state index contributed by atoms with van der Waals surface area (Å²) in [6, 6.07) is 6.25. The number of hydrogen-bond acceptors (Lipinski definition) is 2. The fourth-order valence-electron chi connectivity index (χ4n) is 1.75. The molecule has 0 atom stereocenters. The van der Waals surface area contributed by atoms with Crippen LogP contribution in [0.2, 0.25) is 5.15 Å². The minimum atomic E-state index is -0.840. The first-order valence-electron chi connectivity index (χ1n) is 6.31. The molecule has 3 nitrogen and oxygen atoms in total. The summed E-state index contributed by atoms with van der Waals surface area (Å²) >= 11 is 5.86. The fraction of sp³-hybridized carbons (Fsp3) is 0.200. The summed E-state index contributed by atoms with van der Waals surface area (Å²) in [6.45, 7) is 3.80. The Kier molecular flexibility index (Phi) is 4.53. The van der Waals surface area contributed by atoms with Crippen LogP contribution < -0.4 is 5.32 Å². The van der Waals surface area contributed by atoms with Crippen molar-refractivity contribution in [1.82, 2.24) is 4.98 Å². The molecule has 1 aromatic carbocycles. The van der Waals surface area contributed by atoms with Gasteiger partial charge in [-0.2, -0.15) is 0 Å². The summed E-state index contributed by atoms with van der Waals surface area (Å²) < 4.78 is 27.0. The molecule has 0 radical (unpaired) electrons. The van der Waals surface area contributed by atoms with Gasteiger partial charge in [-0.15, -0.1) is 0 Å². The van der Waals surface area contributed by atoms with Crippen molar-refractivity contribution < 1.29 is 13.6 Å².